The molecule has 0 aromatic rings. The number of hydrogen-bond acceptors (Lipinski definition) is 2. The number of Topliss-reactive ketones (excluding diaryl/α,β-unsaturated/α-hetero) is 1. The summed E-state index contributed by atoms with van der Waals surface area (Å²) in [6.45, 7) is 7.63. The Hall–Kier alpha value is -0.370. The molecule has 1 heterocycles. The molecule has 0 bridgehead atoms. The van der Waals surface area contributed by atoms with Crippen LogP contribution in [0.25, 0.3) is 0 Å². The first-order chi connectivity index (χ1) is 7.50. The molecule has 0 unspecified atom stereocenters. The molecule has 1 aliphatic heterocycles. The number of rotatable bonds is 2. The van der Waals surface area contributed by atoms with Crippen LogP contribution in [0.1, 0.15) is 59.3 Å². The third-order valence-electron chi connectivity index (χ3n) is 5.03. The zero-order chi connectivity index (χ0) is 11.8. The summed E-state index contributed by atoms with van der Waals surface area (Å²) in [6.07, 6.45) is 6.10. The maximum atomic E-state index is 11.9. The van der Waals surface area contributed by atoms with Crippen molar-refractivity contribution in [1.82, 2.24) is 0 Å². The monoisotopic (exact) mass is 224 g/mol. The zero-order valence-electron chi connectivity index (χ0n) is 10.8. The summed E-state index contributed by atoms with van der Waals surface area (Å²) in [5.41, 5.74) is 0.0591. The van der Waals surface area contributed by atoms with Crippen molar-refractivity contribution in [3.05, 3.63) is 0 Å². The Balaban J connectivity index is 1.99. The SMILES string of the molecule is CCC(C)(C)C1CCC2(CC1)OCCC2=O. The van der Waals surface area contributed by atoms with Crippen molar-refractivity contribution in [3.63, 3.8) is 0 Å². The molecule has 1 spiro atoms. The Morgan fingerprint density at radius 3 is 2.44 bits per heavy atom. The summed E-state index contributed by atoms with van der Waals surface area (Å²) in [5, 5.41) is 0. The van der Waals surface area contributed by atoms with E-state index in [-0.39, 0.29) is 5.60 Å². The fourth-order valence-electron chi connectivity index (χ4n) is 3.22. The molecule has 0 atom stereocenters. The number of ether oxygens (including phenoxy) is 1. The van der Waals surface area contributed by atoms with Gasteiger partial charge in [-0.25, -0.2) is 0 Å². The Labute approximate surface area is 98.7 Å². The van der Waals surface area contributed by atoms with E-state index in [1.807, 2.05) is 0 Å². The van der Waals surface area contributed by atoms with Crippen LogP contribution in [0, 0.1) is 11.3 Å². The van der Waals surface area contributed by atoms with Gasteiger partial charge in [-0.05, 0) is 37.0 Å². The van der Waals surface area contributed by atoms with Gasteiger partial charge in [-0.2, -0.15) is 0 Å². The van der Waals surface area contributed by atoms with E-state index in [1.165, 1.54) is 6.42 Å². The molecule has 92 valence electrons. The maximum Gasteiger partial charge on any atom is 0.166 e. The number of ketones is 1. The lowest BCUT2D eigenvalue weighted by Crippen LogP contribution is -2.42. The van der Waals surface area contributed by atoms with Crippen LogP contribution in [0.4, 0.5) is 0 Å². The second kappa shape index (κ2) is 4.14. The number of carbonyl (C=O) groups excluding carboxylic acids is 1. The molecule has 2 aliphatic rings. The standard InChI is InChI=1S/C14H24O2/c1-4-13(2,3)11-5-8-14(9-6-11)12(15)7-10-16-14/h11H,4-10H2,1-3H3. The van der Waals surface area contributed by atoms with Crippen LogP contribution >= 0.6 is 0 Å². The fourth-order valence-corrected chi connectivity index (χ4v) is 3.22. The van der Waals surface area contributed by atoms with E-state index >= 15 is 0 Å². The lowest BCUT2D eigenvalue weighted by molar-refractivity contribution is -0.137. The van der Waals surface area contributed by atoms with E-state index in [4.69, 9.17) is 4.74 Å². The molecule has 2 nitrogen and oxygen atoms in total. The van der Waals surface area contributed by atoms with E-state index in [1.54, 1.807) is 0 Å². The summed E-state index contributed by atoms with van der Waals surface area (Å²) in [7, 11) is 0. The topological polar surface area (TPSA) is 26.3 Å². The highest BCUT2D eigenvalue weighted by Crippen LogP contribution is 2.46. The van der Waals surface area contributed by atoms with Gasteiger partial charge in [0.2, 0.25) is 0 Å². The van der Waals surface area contributed by atoms with Gasteiger partial charge in [-0.3, -0.25) is 4.79 Å². The van der Waals surface area contributed by atoms with Gasteiger partial charge in [0, 0.05) is 6.42 Å². The minimum absolute atomic E-state index is 0.361. The van der Waals surface area contributed by atoms with Crippen molar-refractivity contribution in [3.8, 4) is 0 Å². The zero-order valence-corrected chi connectivity index (χ0v) is 10.8. The highest BCUT2D eigenvalue weighted by Gasteiger charge is 2.47. The molecule has 0 amide bonds. The van der Waals surface area contributed by atoms with Gasteiger partial charge in [-0.1, -0.05) is 27.2 Å². The lowest BCUT2D eigenvalue weighted by atomic mass is 9.66. The average molecular weight is 224 g/mol. The van der Waals surface area contributed by atoms with Crippen LogP contribution < -0.4 is 0 Å². The van der Waals surface area contributed by atoms with Crippen molar-refractivity contribution < 1.29 is 9.53 Å². The molecule has 0 radical (unpaired) electrons. The molecule has 1 saturated heterocycles. The predicted molar refractivity (Wildman–Crippen MR) is 64.3 cm³/mol. The summed E-state index contributed by atoms with van der Waals surface area (Å²) >= 11 is 0. The first-order valence-electron chi connectivity index (χ1n) is 6.67. The quantitative estimate of drug-likeness (QED) is 0.719. The second-order valence-corrected chi connectivity index (χ2v) is 6.13. The molecule has 1 saturated carbocycles. The van der Waals surface area contributed by atoms with Gasteiger partial charge < -0.3 is 4.74 Å². The largest absolute Gasteiger partial charge is 0.367 e. The highest BCUT2D eigenvalue weighted by molar-refractivity contribution is 5.89. The predicted octanol–water partition coefficient (Wildman–Crippen LogP) is 3.34. The van der Waals surface area contributed by atoms with Crippen LogP contribution in [0.3, 0.4) is 0 Å². The first-order valence-corrected chi connectivity index (χ1v) is 6.67. The van der Waals surface area contributed by atoms with Crippen LogP contribution in [-0.4, -0.2) is 18.0 Å². The highest BCUT2D eigenvalue weighted by atomic mass is 16.5. The normalized spacial score (nSPS) is 35.9. The number of carbonyl (C=O) groups is 1. The summed E-state index contributed by atoms with van der Waals surface area (Å²) in [4.78, 5) is 11.9. The van der Waals surface area contributed by atoms with Gasteiger partial charge in [0.05, 0.1) is 6.61 Å². The van der Waals surface area contributed by atoms with E-state index in [2.05, 4.69) is 20.8 Å². The molecule has 0 aromatic heterocycles. The van der Waals surface area contributed by atoms with Crippen LogP contribution in [0.5, 0.6) is 0 Å². The minimum atomic E-state index is -0.361. The molecule has 2 heteroatoms. The Bertz CT molecular complexity index is 272. The van der Waals surface area contributed by atoms with Crippen molar-refractivity contribution in [1.29, 1.82) is 0 Å². The maximum absolute atomic E-state index is 11.9. The molecular formula is C14H24O2. The van der Waals surface area contributed by atoms with Gasteiger partial charge in [0.15, 0.2) is 5.78 Å². The molecule has 0 N–H and O–H groups in total. The third kappa shape index (κ3) is 1.92. The van der Waals surface area contributed by atoms with Crippen molar-refractivity contribution >= 4 is 5.78 Å². The van der Waals surface area contributed by atoms with Gasteiger partial charge in [0.25, 0.3) is 0 Å². The Morgan fingerprint density at radius 2 is 2.00 bits per heavy atom. The molecule has 1 aliphatic carbocycles. The average Bonchev–Trinajstić information content (AvgIpc) is 2.61. The van der Waals surface area contributed by atoms with Gasteiger partial charge in [-0.15, -0.1) is 0 Å². The summed E-state index contributed by atoms with van der Waals surface area (Å²) in [6, 6.07) is 0. The van der Waals surface area contributed by atoms with E-state index in [0.29, 0.717) is 24.2 Å². The molecular weight excluding hydrogens is 200 g/mol. The minimum Gasteiger partial charge on any atom is -0.367 e. The van der Waals surface area contributed by atoms with E-state index in [0.717, 1.165) is 31.6 Å². The van der Waals surface area contributed by atoms with Gasteiger partial charge >= 0.3 is 0 Å². The second-order valence-electron chi connectivity index (χ2n) is 6.13. The van der Waals surface area contributed by atoms with Gasteiger partial charge in [0.1, 0.15) is 5.60 Å². The fraction of sp³-hybridized carbons (Fsp3) is 0.929. The lowest BCUT2D eigenvalue weighted by Gasteiger charge is -2.42. The summed E-state index contributed by atoms with van der Waals surface area (Å²) in [5.74, 6) is 1.13. The summed E-state index contributed by atoms with van der Waals surface area (Å²) < 4.78 is 5.74. The van der Waals surface area contributed by atoms with Crippen LogP contribution in [0.2, 0.25) is 0 Å². The first kappa shape index (κ1) is 12.1. The van der Waals surface area contributed by atoms with Crippen LogP contribution in [-0.2, 0) is 9.53 Å². The Kier molecular flexibility index (Phi) is 3.13. The Morgan fingerprint density at radius 1 is 1.38 bits per heavy atom. The molecule has 0 aromatic carbocycles. The molecule has 2 fully saturated rings. The van der Waals surface area contributed by atoms with Crippen molar-refractivity contribution in [2.45, 2.75) is 64.9 Å². The molecule has 2 rings (SSSR count). The van der Waals surface area contributed by atoms with Crippen molar-refractivity contribution in [2.75, 3.05) is 6.61 Å². The smallest absolute Gasteiger partial charge is 0.166 e. The van der Waals surface area contributed by atoms with E-state index < -0.39 is 0 Å². The molecule has 16 heavy (non-hydrogen) atoms. The number of hydrogen-bond donors (Lipinski definition) is 0. The van der Waals surface area contributed by atoms with Crippen molar-refractivity contribution in [2.24, 2.45) is 11.3 Å². The van der Waals surface area contributed by atoms with Crippen LogP contribution in [0.15, 0.2) is 0 Å². The van der Waals surface area contributed by atoms with E-state index in [9.17, 15) is 4.79 Å². The third-order valence-corrected chi connectivity index (χ3v) is 5.03.